The zero-order valence-electron chi connectivity index (χ0n) is 7.57. The van der Waals surface area contributed by atoms with Gasteiger partial charge in [-0.25, -0.2) is 4.98 Å². The van der Waals surface area contributed by atoms with Crippen LogP contribution in [0.15, 0.2) is 0 Å². The molecule has 1 rings (SSSR count). The van der Waals surface area contributed by atoms with E-state index in [0.29, 0.717) is 0 Å². The van der Waals surface area contributed by atoms with Crippen LogP contribution < -0.4 is 0 Å². The summed E-state index contributed by atoms with van der Waals surface area (Å²) in [5.41, 5.74) is 2.45. The third-order valence-corrected chi connectivity index (χ3v) is 1.87. The first-order valence-corrected chi connectivity index (χ1v) is 4.32. The molecule has 0 saturated heterocycles. The van der Waals surface area contributed by atoms with Gasteiger partial charge in [0.05, 0.1) is 5.69 Å². The van der Waals surface area contributed by atoms with Crippen molar-refractivity contribution in [3.05, 3.63) is 17.2 Å². The van der Waals surface area contributed by atoms with Crippen molar-refractivity contribution in [1.29, 1.82) is 0 Å². The van der Waals surface area contributed by atoms with Crippen LogP contribution in [0.25, 0.3) is 0 Å². The van der Waals surface area contributed by atoms with Crippen molar-refractivity contribution in [1.82, 2.24) is 9.97 Å². The summed E-state index contributed by atoms with van der Waals surface area (Å²) in [5, 5.41) is 0. The van der Waals surface area contributed by atoms with E-state index >= 15 is 0 Å². The number of nitrogens with one attached hydrogen (secondary N) is 1. The number of H-pyrrole nitrogens is 1. The van der Waals surface area contributed by atoms with Crippen molar-refractivity contribution in [3.63, 3.8) is 0 Å². The van der Waals surface area contributed by atoms with Crippen LogP contribution in [0.5, 0.6) is 0 Å². The topological polar surface area (TPSA) is 28.7 Å². The SMILES string of the molecule is CCCc1nc(C)c(CC)[nH]1. The zero-order chi connectivity index (χ0) is 8.27. The minimum absolute atomic E-state index is 1.06. The summed E-state index contributed by atoms with van der Waals surface area (Å²) < 4.78 is 0. The second kappa shape index (κ2) is 3.56. The highest BCUT2D eigenvalue weighted by Gasteiger charge is 2.02. The third-order valence-electron chi connectivity index (χ3n) is 1.87. The van der Waals surface area contributed by atoms with E-state index in [-0.39, 0.29) is 0 Å². The molecule has 0 radical (unpaired) electrons. The normalized spacial score (nSPS) is 10.5. The maximum absolute atomic E-state index is 4.42. The fraction of sp³-hybridized carbons (Fsp3) is 0.667. The molecule has 1 aromatic heterocycles. The molecule has 0 atom stereocenters. The number of aromatic nitrogens is 2. The number of imidazole rings is 1. The van der Waals surface area contributed by atoms with Gasteiger partial charge in [0.1, 0.15) is 5.82 Å². The molecule has 62 valence electrons. The first-order chi connectivity index (χ1) is 5.27. The van der Waals surface area contributed by atoms with Crippen LogP contribution in [0.1, 0.15) is 37.5 Å². The molecule has 0 spiro atoms. The molecule has 11 heavy (non-hydrogen) atoms. The molecule has 0 aliphatic heterocycles. The Hall–Kier alpha value is -0.790. The minimum Gasteiger partial charge on any atom is -0.346 e. The fourth-order valence-corrected chi connectivity index (χ4v) is 1.26. The minimum atomic E-state index is 1.06. The maximum atomic E-state index is 4.42. The Morgan fingerprint density at radius 2 is 2.09 bits per heavy atom. The second-order valence-electron chi connectivity index (χ2n) is 2.85. The van der Waals surface area contributed by atoms with Crippen molar-refractivity contribution in [2.45, 2.75) is 40.0 Å². The Balaban J connectivity index is 2.77. The molecule has 0 aliphatic rings. The molecule has 0 bridgehead atoms. The largest absolute Gasteiger partial charge is 0.346 e. The molecule has 0 aliphatic carbocycles. The van der Waals surface area contributed by atoms with Crippen molar-refractivity contribution in [3.8, 4) is 0 Å². The monoisotopic (exact) mass is 152 g/mol. The molecular formula is C9H16N2. The summed E-state index contributed by atoms with van der Waals surface area (Å²) in [5.74, 6) is 1.14. The molecule has 1 aromatic rings. The highest BCUT2D eigenvalue weighted by molar-refractivity contribution is 5.12. The molecule has 2 nitrogen and oxygen atoms in total. The van der Waals surface area contributed by atoms with Gasteiger partial charge in [-0.15, -0.1) is 0 Å². The van der Waals surface area contributed by atoms with E-state index in [9.17, 15) is 0 Å². The molecule has 0 aromatic carbocycles. The van der Waals surface area contributed by atoms with E-state index in [2.05, 4.69) is 30.7 Å². The van der Waals surface area contributed by atoms with Crippen LogP contribution in [0, 0.1) is 6.92 Å². The Kier molecular flexibility index (Phi) is 2.69. The van der Waals surface area contributed by atoms with Crippen LogP contribution >= 0.6 is 0 Å². The van der Waals surface area contributed by atoms with E-state index in [1.54, 1.807) is 0 Å². The summed E-state index contributed by atoms with van der Waals surface area (Å²) in [4.78, 5) is 7.74. The number of hydrogen-bond acceptors (Lipinski definition) is 1. The van der Waals surface area contributed by atoms with Crippen LogP contribution in [-0.2, 0) is 12.8 Å². The average Bonchev–Trinajstić information content (AvgIpc) is 2.32. The van der Waals surface area contributed by atoms with Crippen LogP contribution in [0.3, 0.4) is 0 Å². The van der Waals surface area contributed by atoms with Gasteiger partial charge in [0.2, 0.25) is 0 Å². The van der Waals surface area contributed by atoms with E-state index in [1.807, 2.05) is 0 Å². The van der Waals surface area contributed by atoms with E-state index in [0.717, 1.165) is 30.8 Å². The van der Waals surface area contributed by atoms with Gasteiger partial charge < -0.3 is 4.98 Å². The predicted octanol–water partition coefficient (Wildman–Crippen LogP) is 2.23. The van der Waals surface area contributed by atoms with Gasteiger partial charge in [-0.3, -0.25) is 0 Å². The predicted molar refractivity (Wildman–Crippen MR) is 46.7 cm³/mol. The van der Waals surface area contributed by atoms with Crippen molar-refractivity contribution in [2.75, 3.05) is 0 Å². The smallest absolute Gasteiger partial charge is 0.106 e. The molecule has 2 heteroatoms. The molecule has 0 unspecified atom stereocenters. The summed E-state index contributed by atoms with van der Waals surface area (Å²) in [7, 11) is 0. The lowest BCUT2D eigenvalue weighted by atomic mass is 10.3. The van der Waals surface area contributed by atoms with E-state index in [1.165, 1.54) is 5.69 Å². The lowest BCUT2D eigenvalue weighted by Gasteiger charge is -1.89. The standard InChI is InChI=1S/C9H16N2/c1-4-6-9-10-7(3)8(5-2)11-9/h4-6H2,1-3H3,(H,10,11). The summed E-state index contributed by atoms with van der Waals surface area (Å²) in [6, 6.07) is 0. The van der Waals surface area contributed by atoms with E-state index < -0.39 is 0 Å². The first kappa shape index (κ1) is 8.31. The molecular weight excluding hydrogens is 136 g/mol. The lowest BCUT2D eigenvalue weighted by Crippen LogP contribution is -1.85. The van der Waals surface area contributed by atoms with Gasteiger partial charge >= 0.3 is 0 Å². The van der Waals surface area contributed by atoms with Gasteiger partial charge in [0.25, 0.3) is 0 Å². The van der Waals surface area contributed by atoms with Crippen LogP contribution in [0.4, 0.5) is 0 Å². The average molecular weight is 152 g/mol. The zero-order valence-corrected chi connectivity index (χ0v) is 7.57. The van der Waals surface area contributed by atoms with Crippen molar-refractivity contribution >= 4 is 0 Å². The highest BCUT2D eigenvalue weighted by Crippen LogP contribution is 2.06. The van der Waals surface area contributed by atoms with Crippen LogP contribution in [-0.4, -0.2) is 9.97 Å². The molecule has 0 fully saturated rings. The quantitative estimate of drug-likeness (QED) is 0.707. The Bertz CT molecular complexity index is 225. The second-order valence-corrected chi connectivity index (χ2v) is 2.85. The van der Waals surface area contributed by atoms with Crippen molar-refractivity contribution < 1.29 is 0 Å². The van der Waals surface area contributed by atoms with Gasteiger partial charge in [0.15, 0.2) is 0 Å². The molecule has 1 heterocycles. The third kappa shape index (κ3) is 1.82. The van der Waals surface area contributed by atoms with Gasteiger partial charge in [0, 0.05) is 12.1 Å². The van der Waals surface area contributed by atoms with Crippen LogP contribution in [0.2, 0.25) is 0 Å². The number of rotatable bonds is 3. The maximum Gasteiger partial charge on any atom is 0.106 e. The van der Waals surface area contributed by atoms with Gasteiger partial charge in [-0.2, -0.15) is 0 Å². The fourth-order valence-electron chi connectivity index (χ4n) is 1.26. The number of aryl methyl sites for hydroxylation is 3. The number of nitrogens with zero attached hydrogens (tertiary/aromatic N) is 1. The van der Waals surface area contributed by atoms with Gasteiger partial charge in [-0.05, 0) is 19.8 Å². The summed E-state index contributed by atoms with van der Waals surface area (Å²) in [6.45, 7) is 6.38. The lowest BCUT2D eigenvalue weighted by molar-refractivity contribution is 0.849. The molecule has 0 amide bonds. The summed E-state index contributed by atoms with van der Waals surface area (Å²) >= 11 is 0. The van der Waals surface area contributed by atoms with E-state index in [4.69, 9.17) is 0 Å². The summed E-state index contributed by atoms with van der Waals surface area (Å²) in [6.07, 6.45) is 3.29. The molecule has 1 N–H and O–H groups in total. The van der Waals surface area contributed by atoms with Gasteiger partial charge in [-0.1, -0.05) is 13.8 Å². The Labute approximate surface area is 68.0 Å². The number of hydrogen-bond donors (Lipinski definition) is 1. The highest BCUT2D eigenvalue weighted by atomic mass is 14.9. The Morgan fingerprint density at radius 1 is 1.36 bits per heavy atom. The van der Waals surface area contributed by atoms with Crippen molar-refractivity contribution in [2.24, 2.45) is 0 Å². The first-order valence-electron chi connectivity index (χ1n) is 4.32. The Morgan fingerprint density at radius 3 is 2.55 bits per heavy atom. The molecule has 0 saturated carbocycles. The number of aromatic amines is 1.